The van der Waals surface area contributed by atoms with Crippen molar-refractivity contribution < 1.29 is 19.1 Å². The van der Waals surface area contributed by atoms with Crippen LogP contribution in [0.1, 0.15) is 42.9 Å². The van der Waals surface area contributed by atoms with Crippen molar-refractivity contribution in [2.75, 3.05) is 6.54 Å². The smallest absolute Gasteiger partial charge is 0.326 e. The van der Waals surface area contributed by atoms with Crippen molar-refractivity contribution in [3.63, 3.8) is 0 Å². The van der Waals surface area contributed by atoms with Gasteiger partial charge in [0.2, 0.25) is 0 Å². The van der Waals surface area contributed by atoms with E-state index in [-0.39, 0.29) is 12.1 Å². The predicted molar refractivity (Wildman–Crippen MR) is 72.5 cm³/mol. The summed E-state index contributed by atoms with van der Waals surface area (Å²) in [4.78, 5) is 24.7. The van der Waals surface area contributed by atoms with Gasteiger partial charge < -0.3 is 19.7 Å². The van der Waals surface area contributed by atoms with Crippen LogP contribution in [0.3, 0.4) is 0 Å². The van der Waals surface area contributed by atoms with E-state index >= 15 is 0 Å². The number of likely N-dealkylation sites (tertiary alicyclic amines) is 1. The minimum Gasteiger partial charge on any atom is -0.480 e. The lowest BCUT2D eigenvalue weighted by atomic mass is 10.1. The minimum absolute atomic E-state index is 0.213. The highest BCUT2D eigenvalue weighted by Gasteiger charge is 2.34. The molecule has 2 N–H and O–H groups in total. The number of carboxylic acids is 1. The van der Waals surface area contributed by atoms with Crippen LogP contribution in [0.5, 0.6) is 0 Å². The van der Waals surface area contributed by atoms with Gasteiger partial charge in [-0.15, -0.1) is 0 Å². The van der Waals surface area contributed by atoms with E-state index < -0.39 is 12.0 Å². The molecule has 0 bridgehead atoms. The molecular formula is C14H20N2O4. The van der Waals surface area contributed by atoms with Gasteiger partial charge in [0.05, 0.1) is 6.04 Å². The molecular weight excluding hydrogens is 260 g/mol. The third-order valence-corrected chi connectivity index (χ3v) is 3.68. The summed E-state index contributed by atoms with van der Waals surface area (Å²) in [6, 6.07) is 0.629. The van der Waals surface area contributed by atoms with Crippen LogP contribution in [0, 0.1) is 13.8 Å². The number of carboxylic acid groups (broad SMARTS) is 1. The molecule has 110 valence electrons. The second kappa shape index (κ2) is 5.56. The van der Waals surface area contributed by atoms with Crippen LogP contribution >= 0.6 is 0 Å². The summed E-state index contributed by atoms with van der Waals surface area (Å²) in [7, 11) is 0. The monoisotopic (exact) mass is 280 g/mol. The number of furan rings is 1. The standard InChI is InChI=1S/C14H20N2O4/c1-8-7-11(10(3)20-8)9(2)15-14(19)16-6-4-5-12(16)13(17)18/h7,9,12H,4-6H2,1-3H3,(H,15,19)(H,17,18)/t9?,12-/m0/s1. The van der Waals surface area contributed by atoms with Crippen molar-refractivity contribution in [3.05, 3.63) is 23.2 Å². The molecule has 2 atom stereocenters. The number of hydrogen-bond donors (Lipinski definition) is 2. The average molecular weight is 280 g/mol. The molecule has 0 aliphatic carbocycles. The van der Waals surface area contributed by atoms with E-state index in [1.54, 1.807) is 0 Å². The lowest BCUT2D eigenvalue weighted by Crippen LogP contribution is -2.46. The molecule has 1 saturated heterocycles. The topological polar surface area (TPSA) is 82.8 Å². The first kappa shape index (κ1) is 14.4. The molecule has 1 fully saturated rings. The highest BCUT2D eigenvalue weighted by atomic mass is 16.4. The molecule has 2 rings (SSSR count). The second-order valence-corrected chi connectivity index (χ2v) is 5.23. The zero-order valence-corrected chi connectivity index (χ0v) is 12.0. The normalized spacial score (nSPS) is 19.9. The molecule has 1 aliphatic rings. The summed E-state index contributed by atoms with van der Waals surface area (Å²) in [5.74, 6) is 0.621. The fourth-order valence-electron chi connectivity index (χ4n) is 2.69. The van der Waals surface area contributed by atoms with Crippen LogP contribution < -0.4 is 5.32 Å². The fraction of sp³-hybridized carbons (Fsp3) is 0.571. The Morgan fingerprint density at radius 3 is 2.75 bits per heavy atom. The van der Waals surface area contributed by atoms with Gasteiger partial charge in [-0.1, -0.05) is 0 Å². The fourth-order valence-corrected chi connectivity index (χ4v) is 2.69. The number of carbonyl (C=O) groups is 2. The molecule has 6 heteroatoms. The zero-order chi connectivity index (χ0) is 14.9. The molecule has 1 aromatic heterocycles. The van der Waals surface area contributed by atoms with Crippen molar-refractivity contribution in [2.45, 2.75) is 45.7 Å². The zero-order valence-electron chi connectivity index (χ0n) is 12.0. The number of rotatable bonds is 3. The molecule has 2 heterocycles. The lowest BCUT2D eigenvalue weighted by molar-refractivity contribution is -0.141. The Morgan fingerprint density at radius 1 is 1.50 bits per heavy atom. The van der Waals surface area contributed by atoms with Gasteiger partial charge in [-0.25, -0.2) is 9.59 Å². The van der Waals surface area contributed by atoms with Crippen molar-refractivity contribution in [3.8, 4) is 0 Å². The van der Waals surface area contributed by atoms with E-state index in [1.165, 1.54) is 4.90 Å². The van der Waals surface area contributed by atoms with Crippen LogP contribution in [-0.4, -0.2) is 34.6 Å². The van der Waals surface area contributed by atoms with E-state index in [1.807, 2.05) is 26.8 Å². The molecule has 0 radical (unpaired) electrons. The van der Waals surface area contributed by atoms with Crippen molar-refractivity contribution >= 4 is 12.0 Å². The Morgan fingerprint density at radius 2 is 2.20 bits per heavy atom. The molecule has 0 saturated carbocycles. The van der Waals surface area contributed by atoms with Gasteiger partial charge in [-0.3, -0.25) is 0 Å². The molecule has 1 aliphatic heterocycles. The number of nitrogens with zero attached hydrogens (tertiary/aromatic N) is 1. The number of urea groups is 1. The van der Waals surface area contributed by atoms with Crippen LogP contribution in [0.15, 0.2) is 10.5 Å². The third-order valence-electron chi connectivity index (χ3n) is 3.68. The van der Waals surface area contributed by atoms with Gasteiger partial charge in [0.15, 0.2) is 0 Å². The molecule has 2 amide bonds. The molecule has 20 heavy (non-hydrogen) atoms. The highest BCUT2D eigenvalue weighted by Crippen LogP contribution is 2.23. The SMILES string of the molecule is Cc1cc(C(C)NC(=O)N2CCC[C@H]2C(=O)O)c(C)o1. The molecule has 0 spiro atoms. The minimum atomic E-state index is -0.944. The number of carbonyl (C=O) groups excluding carboxylic acids is 1. The summed E-state index contributed by atoms with van der Waals surface area (Å²) >= 11 is 0. The third kappa shape index (κ3) is 2.79. The Bertz CT molecular complexity index is 523. The maximum absolute atomic E-state index is 12.2. The Kier molecular flexibility index (Phi) is 4.01. The Labute approximate surface area is 117 Å². The number of hydrogen-bond acceptors (Lipinski definition) is 3. The van der Waals surface area contributed by atoms with Crippen LogP contribution in [-0.2, 0) is 4.79 Å². The number of aryl methyl sites for hydroxylation is 2. The number of amides is 2. The predicted octanol–water partition coefficient (Wildman–Crippen LogP) is 2.22. The number of nitrogens with one attached hydrogen (secondary N) is 1. The first-order valence-electron chi connectivity index (χ1n) is 6.77. The molecule has 1 aromatic rings. The number of aliphatic carboxylic acids is 1. The highest BCUT2D eigenvalue weighted by molar-refractivity contribution is 5.83. The van der Waals surface area contributed by atoms with Gasteiger partial charge >= 0.3 is 12.0 Å². The maximum Gasteiger partial charge on any atom is 0.326 e. The summed E-state index contributed by atoms with van der Waals surface area (Å²) in [6.07, 6.45) is 1.24. The largest absolute Gasteiger partial charge is 0.480 e. The molecule has 0 aromatic carbocycles. The Hall–Kier alpha value is -1.98. The first-order valence-corrected chi connectivity index (χ1v) is 6.77. The average Bonchev–Trinajstić information content (AvgIpc) is 2.95. The van der Waals surface area contributed by atoms with Crippen LogP contribution in [0.2, 0.25) is 0 Å². The van der Waals surface area contributed by atoms with E-state index in [2.05, 4.69) is 5.32 Å². The maximum atomic E-state index is 12.2. The van der Waals surface area contributed by atoms with Crippen LogP contribution in [0.25, 0.3) is 0 Å². The van der Waals surface area contributed by atoms with E-state index in [9.17, 15) is 9.59 Å². The van der Waals surface area contributed by atoms with Crippen molar-refractivity contribution in [1.82, 2.24) is 10.2 Å². The summed E-state index contributed by atoms with van der Waals surface area (Å²) in [5, 5.41) is 11.9. The summed E-state index contributed by atoms with van der Waals surface area (Å²) in [5.41, 5.74) is 0.918. The Balaban J connectivity index is 2.04. The lowest BCUT2D eigenvalue weighted by Gasteiger charge is -2.24. The van der Waals surface area contributed by atoms with Gasteiger partial charge in [-0.05, 0) is 39.7 Å². The van der Waals surface area contributed by atoms with E-state index in [4.69, 9.17) is 9.52 Å². The van der Waals surface area contributed by atoms with E-state index in [0.717, 1.165) is 23.5 Å². The van der Waals surface area contributed by atoms with Gasteiger partial charge in [0.1, 0.15) is 17.6 Å². The van der Waals surface area contributed by atoms with Crippen LogP contribution in [0.4, 0.5) is 4.79 Å². The van der Waals surface area contributed by atoms with E-state index in [0.29, 0.717) is 13.0 Å². The van der Waals surface area contributed by atoms with Gasteiger partial charge in [-0.2, -0.15) is 0 Å². The van der Waals surface area contributed by atoms with Gasteiger partial charge in [0, 0.05) is 12.1 Å². The summed E-state index contributed by atoms with van der Waals surface area (Å²) < 4.78 is 5.44. The first-order chi connectivity index (χ1) is 9.40. The summed E-state index contributed by atoms with van der Waals surface area (Å²) in [6.45, 7) is 6.05. The molecule has 6 nitrogen and oxygen atoms in total. The van der Waals surface area contributed by atoms with Gasteiger partial charge in [0.25, 0.3) is 0 Å². The second-order valence-electron chi connectivity index (χ2n) is 5.23. The molecule has 1 unspecified atom stereocenters. The quantitative estimate of drug-likeness (QED) is 0.889. The van der Waals surface area contributed by atoms with Crippen molar-refractivity contribution in [1.29, 1.82) is 0 Å². The van der Waals surface area contributed by atoms with Crippen molar-refractivity contribution in [2.24, 2.45) is 0 Å².